The first-order valence-electron chi connectivity index (χ1n) is 3.41. The van der Waals surface area contributed by atoms with E-state index >= 15 is 0 Å². The lowest BCUT2D eigenvalue weighted by molar-refractivity contribution is 1.13. The van der Waals surface area contributed by atoms with Crippen molar-refractivity contribution >= 4 is 33.9 Å². The molecule has 0 bridgehead atoms. The quantitative estimate of drug-likeness (QED) is 0.735. The number of aromatic nitrogens is 3. The van der Waals surface area contributed by atoms with E-state index in [1.165, 1.54) is 9.11 Å². The van der Waals surface area contributed by atoms with Crippen LogP contribution in [0.1, 0.15) is 5.69 Å². The highest BCUT2D eigenvalue weighted by Gasteiger charge is 2.03. The molecular formula is C7H6IN3O. The zero-order valence-corrected chi connectivity index (χ0v) is 8.49. The molecule has 0 saturated carbocycles. The molecule has 0 spiro atoms. The lowest BCUT2D eigenvalue weighted by Gasteiger charge is -1.91. The van der Waals surface area contributed by atoms with Crippen molar-refractivity contribution in [3.05, 3.63) is 28.4 Å². The van der Waals surface area contributed by atoms with Crippen LogP contribution in [0.4, 0.5) is 0 Å². The van der Waals surface area contributed by atoms with Crippen molar-refractivity contribution in [2.24, 2.45) is 0 Å². The predicted molar refractivity (Wildman–Crippen MR) is 54.5 cm³/mol. The average Bonchev–Trinajstić information content (AvgIpc) is 2.39. The fraction of sp³-hybridized carbons (Fsp3) is 0.143. The normalized spacial score (nSPS) is 10.8. The van der Waals surface area contributed by atoms with E-state index in [4.69, 9.17) is 0 Å². The van der Waals surface area contributed by atoms with Crippen LogP contribution in [-0.4, -0.2) is 12.7 Å². The molecule has 2 aromatic rings. The molecule has 0 aliphatic rings. The van der Waals surface area contributed by atoms with Gasteiger partial charge in [0.25, 0.3) is 5.56 Å². The lowest BCUT2D eigenvalue weighted by atomic mass is 10.4. The van der Waals surface area contributed by atoms with Crippen LogP contribution >= 0.6 is 22.9 Å². The summed E-state index contributed by atoms with van der Waals surface area (Å²) in [6.07, 6.45) is 1.50. The van der Waals surface area contributed by atoms with E-state index in [-0.39, 0.29) is 5.56 Å². The molecule has 12 heavy (non-hydrogen) atoms. The molecule has 0 saturated heterocycles. The number of hydrogen-bond acceptors (Lipinski definition) is 2. The number of halogens is 1. The van der Waals surface area contributed by atoms with Gasteiger partial charge in [0, 0.05) is 5.69 Å². The fourth-order valence-corrected chi connectivity index (χ4v) is 1.50. The maximum atomic E-state index is 11.4. The highest BCUT2D eigenvalue weighted by Crippen LogP contribution is 2.07. The fourth-order valence-electron chi connectivity index (χ4n) is 1.12. The molecule has 0 atom stereocenters. The van der Waals surface area contributed by atoms with Crippen molar-refractivity contribution in [1.82, 2.24) is 12.7 Å². The standard InChI is InChI=1S/C7H6IN3O/c1-4-2-5-6(10-4)9-3-11(8)7(5)12/h2-3,10H,1H3. The van der Waals surface area contributed by atoms with Crippen LogP contribution in [0.5, 0.6) is 0 Å². The molecule has 0 unspecified atom stereocenters. The first-order chi connectivity index (χ1) is 5.68. The number of fused-ring (bicyclic) bond motifs is 1. The minimum absolute atomic E-state index is 0.0232. The van der Waals surface area contributed by atoms with Crippen molar-refractivity contribution in [2.45, 2.75) is 6.92 Å². The van der Waals surface area contributed by atoms with E-state index in [0.717, 1.165) is 5.69 Å². The monoisotopic (exact) mass is 275 g/mol. The summed E-state index contributed by atoms with van der Waals surface area (Å²) in [4.78, 5) is 18.5. The number of rotatable bonds is 0. The molecule has 4 nitrogen and oxygen atoms in total. The van der Waals surface area contributed by atoms with E-state index in [1.54, 1.807) is 6.07 Å². The summed E-state index contributed by atoms with van der Waals surface area (Å²) >= 11 is 1.91. The number of nitrogens with one attached hydrogen (secondary N) is 1. The maximum absolute atomic E-state index is 11.4. The van der Waals surface area contributed by atoms with Gasteiger partial charge >= 0.3 is 0 Å². The minimum atomic E-state index is -0.0232. The van der Waals surface area contributed by atoms with Crippen LogP contribution < -0.4 is 5.56 Å². The van der Waals surface area contributed by atoms with Crippen molar-refractivity contribution in [2.75, 3.05) is 0 Å². The minimum Gasteiger partial charge on any atom is -0.343 e. The second-order valence-corrected chi connectivity index (χ2v) is 3.62. The van der Waals surface area contributed by atoms with Gasteiger partial charge in [0.05, 0.1) is 28.3 Å². The van der Waals surface area contributed by atoms with Gasteiger partial charge in [0.2, 0.25) is 0 Å². The Morgan fingerprint density at radius 3 is 3.17 bits per heavy atom. The summed E-state index contributed by atoms with van der Waals surface area (Å²) in [5, 5.41) is 0.643. The molecule has 62 valence electrons. The van der Waals surface area contributed by atoms with Crippen LogP contribution in [0.15, 0.2) is 17.2 Å². The molecule has 2 rings (SSSR count). The number of hydrogen-bond donors (Lipinski definition) is 1. The summed E-state index contributed by atoms with van der Waals surface area (Å²) < 4.78 is 1.44. The Hall–Kier alpha value is -0.850. The number of aromatic amines is 1. The molecule has 0 radical (unpaired) electrons. The summed E-state index contributed by atoms with van der Waals surface area (Å²) in [5.41, 5.74) is 1.59. The first-order valence-corrected chi connectivity index (χ1v) is 4.38. The van der Waals surface area contributed by atoms with Crippen molar-refractivity contribution in [3.8, 4) is 0 Å². The molecule has 0 aliphatic carbocycles. The summed E-state index contributed by atoms with van der Waals surface area (Å²) in [6.45, 7) is 1.90. The number of H-pyrrole nitrogens is 1. The molecule has 2 aromatic heterocycles. The largest absolute Gasteiger partial charge is 0.343 e. The van der Waals surface area contributed by atoms with Gasteiger partial charge in [0.15, 0.2) is 0 Å². The smallest absolute Gasteiger partial charge is 0.271 e. The summed E-state index contributed by atoms with van der Waals surface area (Å²) in [7, 11) is 0. The van der Waals surface area contributed by atoms with Crippen LogP contribution in [0, 0.1) is 6.92 Å². The Morgan fingerprint density at radius 1 is 1.67 bits per heavy atom. The molecular weight excluding hydrogens is 269 g/mol. The van der Waals surface area contributed by atoms with Gasteiger partial charge in [0.1, 0.15) is 12.0 Å². The van der Waals surface area contributed by atoms with Crippen LogP contribution in [0.25, 0.3) is 11.0 Å². The Bertz CT molecular complexity index is 485. The highest BCUT2D eigenvalue weighted by atomic mass is 127. The van der Waals surface area contributed by atoms with Crippen LogP contribution in [0.2, 0.25) is 0 Å². The van der Waals surface area contributed by atoms with Gasteiger partial charge in [-0.2, -0.15) is 0 Å². The number of aryl methyl sites for hydroxylation is 1. The Labute approximate surface area is 82.1 Å². The van der Waals surface area contributed by atoms with E-state index in [1.807, 2.05) is 29.8 Å². The molecule has 2 heterocycles. The average molecular weight is 275 g/mol. The zero-order chi connectivity index (χ0) is 8.72. The van der Waals surface area contributed by atoms with E-state index < -0.39 is 0 Å². The van der Waals surface area contributed by atoms with Crippen molar-refractivity contribution in [1.29, 1.82) is 0 Å². The predicted octanol–water partition coefficient (Wildman–Crippen LogP) is 1.23. The Morgan fingerprint density at radius 2 is 2.42 bits per heavy atom. The van der Waals surface area contributed by atoms with Gasteiger partial charge < -0.3 is 4.98 Å². The Kier molecular flexibility index (Phi) is 1.67. The second-order valence-electron chi connectivity index (χ2n) is 2.58. The Balaban J connectivity index is 2.99. The number of nitrogens with zero attached hydrogens (tertiary/aromatic N) is 2. The third-order valence-corrected chi connectivity index (χ3v) is 2.33. The van der Waals surface area contributed by atoms with Gasteiger partial charge in [-0.25, -0.2) is 7.76 Å². The zero-order valence-electron chi connectivity index (χ0n) is 6.34. The van der Waals surface area contributed by atoms with Gasteiger partial charge in [-0.05, 0) is 13.0 Å². The first kappa shape index (κ1) is 7.78. The molecule has 0 aliphatic heterocycles. The van der Waals surface area contributed by atoms with E-state index in [2.05, 4.69) is 9.97 Å². The van der Waals surface area contributed by atoms with Gasteiger partial charge in [-0.15, -0.1) is 0 Å². The van der Waals surface area contributed by atoms with Crippen LogP contribution in [-0.2, 0) is 0 Å². The third kappa shape index (κ3) is 1.04. The SMILES string of the molecule is Cc1cc2c(=O)n(I)cnc2[nH]1. The van der Waals surface area contributed by atoms with Crippen LogP contribution in [0.3, 0.4) is 0 Å². The van der Waals surface area contributed by atoms with Gasteiger partial charge in [-0.3, -0.25) is 4.79 Å². The molecule has 1 N–H and O–H groups in total. The maximum Gasteiger partial charge on any atom is 0.271 e. The topological polar surface area (TPSA) is 50.7 Å². The molecule has 0 amide bonds. The van der Waals surface area contributed by atoms with Crippen molar-refractivity contribution in [3.63, 3.8) is 0 Å². The molecule has 5 heteroatoms. The second kappa shape index (κ2) is 2.58. The van der Waals surface area contributed by atoms with Gasteiger partial charge in [-0.1, -0.05) is 0 Å². The molecule has 0 fully saturated rings. The lowest BCUT2D eigenvalue weighted by Crippen LogP contribution is -2.11. The highest BCUT2D eigenvalue weighted by molar-refractivity contribution is 14.1. The summed E-state index contributed by atoms with van der Waals surface area (Å²) in [5.74, 6) is 0. The van der Waals surface area contributed by atoms with E-state index in [0.29, 0.717) is 11.0 Å². The van der Waals surface area contributed by atoms with E-state index in [9.17, 15) is 4.79 Å². The molecule has 0 aromatic carbocycles. The van der Waals surface area contributed by atoms with Crippen molar-refractivity contribution < 1.29 is 0 Å². The third-order valence-electron chi connectivity index (χ3n) is 1.64. The summed E-state index contributed by atoms with van der Waals surface area (Å²) in [6, 6.07) is 1.81.